The molecule has 2 fully saturated rings. The Bertz CT molecular complexity index is 629. The first-order chi connectivity index (χ1) is 11.9. The van der Waals surface area contributed by atoms with Crippen LogP contribution in [0.2, 0.25) is 0 Å². The summed E-state index contributed by atoms with van der Waals surface area (Å²) in [6, 6.07) is 2.06. The van der Waals surface area contributed by atoms with Crippen LogP contribution in [0.1, 0.15) is 27.2 Å². The second-order valence-corrected chi connectivity index (χ2v) is 7.80. The molecule has 2 saturated heterocycles. The van der Waals surface area contributed by atoms with Gasteiger partial charge in [0.05, 0.1) is 6.54 Å². The Morgan fingerprint density at radius 3 is 2.52 bits per heavy atom. The first kappa shape index (κ1) is 17.8. The van der Waals surface area contributed by atoms with Crippen LogP contribution in [0.4, 0.5) is 5.95 Å². The van der Waals surface area contributed by atoms with Gasteiger partial charge in [-0.05, 0) is 45.5 Å². The molecule has 25 heavy (non-hydrogen) atoms. The third kappa shape index (κ3) is 4.18. The van der Waals surface area contributed by atoms with E-state index >= 15 is 0 Å². The van der Waals surface area contributed by atoms with E-state index in [0.717, 1.165) is 25.5 Å². The number of thiocarbonyl (C=S) groups is 1. The summed E-state index contributed by atoms with van der Waals surface area (Å²) in [4.78, 5) is 27.3. The molecule has 1 amide bonds. The predicted octanol–water partition coefficient (Wildman–Crippen LogP) is 0.873. The Morgan fingerprint density at radius 2 is 1.92 bits per heavy atom. The zero-order valence-corrected chi connectivity index (χ0v) is 15.9. The highest BCUT2D eigenvalue weighted by atomic mass is 32.1. The van der Waals surface area contributed by atoms with E-state index < -0.39 is 0 Å². The maximum absolute atomic E-state index is 12.7. The predicted molar refractivity (Wildman–Crippen MR) is 101 cm³/mol. The van der Waals surface area contributed by atoms with Crippen molar-refractivity contribution in [2.75, 3.05) is 37.6 Å². The van der Waals surface area contributed by atoms with E-state index in [2.05, 4.69) is 41.0 Å². The van der Waals surface area contributed by atoms with Crippen molar-refractivity contribution in [2.45, 2.75) is 38.8 Å². The standard InChI is InChI=1S/C17H26N6OS/c1-13-11-17(2,3)20-16(25)23(13)12-14(24)21-7-9-22(10-8-21)15-18-5-4-6-19-15/h4-6,13H,7-12H2,1-3H3,(H,20,25)/t13-/m1/s1. The van der Waals surface area contributed by atoms with Crippen molar-refractivity contribution in [1.29, 1.82) is 0 Å². The Kier molecular flexibility index (Phi) is 5.08. The number of aromatic nitrogens is 2. The molecule has 3 rings (SSSR count). The highest BCUT2D eigenvalue weighted by Crippen LogP contribution is 2.22. The van der Waals surface area contributed by atoms with Crippen molar-refractivity contribution in [3.63, 3.8) is 0 Å². The zero-order chi connectivity index (χ0) is 18.0. The SMILES string of the molecule is C[C@@H]1CC(C)(C)NC(=S)N1CC(=O)N1CCN(c2ncccn2)CC1. The number of nitrogens with zero attached hydrogens (tertiary/aromatic N) is 5. The lowest BCUT2D eigenvalue weighted by Gasteiger charge is -2.45. The number of rotatable bonds is 3. The molecule has 3 heterocycles. The molecule has 0 aliphatic carbocycles. The van der Waals surface area contributed by atoms with Crippen molar-refractivity contribution in [3.8, 4) is 0 Å². The summed E-state index contributed by atoms with van der Waals surface area (Å²) in [7, 11) is 0. The Labute approximate surface area is 154 Å². The highest BCUT2D eigenvalue weighted by Gasteiger charge is 2.35. The number of carbonyl (C=O) groups is 1. The van der Waals surface area contributed by atoms with E-state index in [4.69, 9.17) is 12.2 Å². The van der Waals surface area contributed by atoms with E-state index in [1.165, 1.54) is 0 Å². The minimum atomic E-state index is -0.0165. The topological polar surface area (TPSA) is 64.6 Å². The molecule has 0 saturated carbocycles. The largest absolute Gasteiger partial charge is 0.358 e. The molecule has 1 aromatic rings. The van der Waals surface area contributed by atoms with Crippen molar-refractivity contribution in [1.82, 2.24) is 25.1 Å². The lowest BCUT2D eigenvalue weighted by molar-refractivity contribution is -0.132. The van der Waals surface area contributed by atoms with E-state index in [1.54, 1.807) is 18.5 Å². The summed E-state index contributed by atoms with van der Waals surface area (Å²) in [6.45, 7) is 9.62. The van der Waals surface area contributed by atoms with Crippen molar-refractivity contribution in [2.24, 2.45) is 0 Å². The number of carbonyl (C=O) groups excluding carboxylic acids is 1. The molecule has 0 bridgehead atoms. The van der Waals surface area contributed by atoms with Gasteiger partial charge in [0.25, 0.3) is 0 Å². The molecule has 1 atom stereocenters. The van der Waals surface area contributed by atoms with Gasteiger partial charge in [0.15, 0.2) is 5.11 Å². The van der Waals surface area contributed by atoms with Crippen LogP contribution < -0.4 is 10.2 Å². The van der Waals surface area contributed by atoms with Gasteiger partial charge in [-0.3, -0.25) is 4.79 Å². The van der Waals surface area contributed by atoms with Crippen LogP contribution in [0, 0.1) is 0 Å². The fourth-order valence-corrected chi connectivity index (χ4v) is 4.07. The molecule has 2 aliphatic heterocycles. The average molecular weight is 363 g/mol. The summed E-state index contributed by atoms with van der Waals surface area (Å²) >= 11 is 5.47. The van der Waals surface area contributed by atoms with Gasteiger partial charge in [-0.1, -0.05) is 0 Å². The monoisotopic (exact) mass is 362 g/mol. The highest BCUT2D eigenvalue weighted by molar-refractivity contribution is 7.80. The van der Waals surface area contributed by atoms with Crippen LogP contribution in [0.3, 0.4) is 0 Å². The molecule has 0 unspecified atom stereocenters. The molecule has 2 aliphatic rings. The van der Waals surface area contributed by atoms with Crippen LogP contribution in [0.5, 0.6) is 0 Å². The van der Waals surface area contributed by atoms with Gasteiger partial charge in [0.2, 0.25) is 11.9 Å². The van der Waals surface area contributed by atoms with Crippen LogP contribution >= 0.6 is 12.2 Å². The summed E-state index contributed by atoms with van der Waals surface area (Å²) in [6.07, 6.45) is 4.44. The van der Waals surface area contributed by atoms with Gasteiger partial charge >= 0.3 is 0 Å². The van der Waals surface area contributed by atoms with E-state index in [0.29, 0.717) is 24.7 Å². The number of amides is 1. The third-order valence-electron chi connectivity index (χ3n) is 4.82. The first-order valence-corrected chi connectivity index (χ1v) is 9.15. The molecule has 136 valence electrons. The second kappa shape index (κ2) is 7.11. The lowest BCUT2D eigenvalue weighted by Crippen LogP contribution is -2.62. The number of piperazine rings is 1. The second-order valence-electron chi connectivity index (χ2n) is 7.41. The van der Waals surface area contributed by atoms with Crippen molar-refractivity contribution >= 4 is 29.2 Å². The van der Waals surface area contributed by atoms with Gasteiger partial charge in [-0.2, -0.15) is 0 Å². The Balaban J connectivity index is 1.54. The summed E-state index contributed by atoms with van der Waals surface area (Å²) in [5.41, 5.74) is -0.0165. The Morgan fingerprint density at radius 1 is 1.28 bits per heavy atom. The zero-order valence-electron chi connectivity index (χ0n) is 15.1. The number of hydrogen-bond acceptors (Lipinski definition) is 5. The fourth-order valence-electron chi connectivity index (χ4n) is 3.54. The fraction of sp³-hybridized carbons (Fsp3) is 0.647. The lowest BCUT2D eigenvalue weighted by atomic mass is 9.93. The van der Waals surface area contributed by atoms with Gasteiger partial charge < -0.3 is 20.0 Å². The maximum atomic E-state index is 12.7. The number of hydrogen-bond donors (Lipinski definition) is 1. The maximum Gasteiger partial charge on any atom is 0.242 e. The van der Waals surface area contributed by atoms with E-state index in [-0.39, 0.29) is 17.5 Å². The summed E-state index contributed by atoms with van der Waals surface area (Å²) in [5.74, 6) is 0.858. The van der Waals surface area contributed by atoms with Crippen LogP contribution in [0.25, 0.3) is 0 Å². The molecule has 0 aromatic carbocycles. The van der Waals surface area contributed by atoms with Crippen LogP contribution in [0.15, 0.2) is 18.5 Å². The Hall–Kier alpha value is -1.96. The third-order valence-corrected chi connectivity index (χ3v) is 5.15. The van der Waals surface area contributed by atoms with Gasteiger partial charge in [0.1, 0.15) is 0 Å². The number of anilines is 1. The van der Waals surface area contributed by atoms with E-state index in [1.807, 2.05) is 9.80 Å². The van der Waals surface area contributed by atoms with Gasteiger partial charge in [-0.25, -0.2) is 9.97 Å². The molecular weight excluding hydrogens is 336 g/mol. The van der Waals surface area contributed by atoms with E-state index in [9.17, 15) is 4.79 Å². The molecule has 8 heteroatoms. The minimum Gasteiger partial charge on any atom is -0.358 e. The smallest absolute Gasteiger partial charge is 0.242 e. The molecule has 1 aromatic heterocycles. The minimum absolute atomic E-state index is 0.0165. The van der Waals surface area contributed by atoms with Gasteiger partial charge in [-0.15, -0.1) is 0 Å². The number of nitrogens with one attached hydrogen (secondary N) is 1. The quantitative estimate of drug-likeness (QED) is 0.801. The molecule has 0 spiro atoms. The molecule has 7 nitrogen and oxygen atoms in total. The van der Waals surface area contributed by atoms with Crippen molar-refractivity contribution in [3.05, 3.63) is 18.5 Å². The van der Waals surface area contributed by atoms with Crippen molar-refractivity contribution < 1.29 is 4.79 Å². The molecule has 1 N–H and O–H groups in total. The van der Waals surface area contributed by atoms with Crippen LogP contribution in [-0.2, 0) is 4.79 Å². The normalized spacial score (nSPS) is 23.4. The van der Waals surface area contributed by atoms with Crippen LogP contribution in [-0.4, -0.2) is 75.1 Å². The summed E-state index contributed by atoms with van der Waals surface area (Å²) in [5, 5.41) is 4.01. The molecule has 0 radical (unpaired) electrons. The first-order valence-electron chi connectivity index (χ1n) is 8.74. The molecular formula is C17H26N6OS. The average Bonchev–Trinajstić information content (AvgIpc) is 2.58. The van der Waals surface area contributed by atoms with Gasteiger partial charge in [0, 0.05) is 50.2 Å². The summed E-state index contributed by atoms with van der Waals surface area (Å²) < 4.78 is 0.